The standard InChI is InChI=1S/C18H18N2O3/c21-17(22)10-20(12-7-8-12)18(23)14-9-16(11-5-6-11)19-15-4-2-1-3-13(14)15/h1-4,9,11-12H,5-8,10H2,(H,21,22). The number of rotatable bonds is 5. The number of para-hydroxylation sites is 1. The fourth-order valence-corrected chi connectivity index (χ4v) is 3.01. The highest BCUT2D eigenvalue weighted by Gasteiger charge is 2.35. The Bertz CT molecular complexity index is 794. The molecule has 0 unspecified atom stereocenters. The number of nitrogens with zero attached hydrogens (tertiary/aromatic N) is 2. The van der Waals surface area contributed by atoms with Gasteiger partial charge in [-0.05, 0) is 37.8 Å². The summed E-state index contributed by atoms with van der Waals surface area (Å²) < 4.78 is 0. The maximum absolute atomic E-state index is 13.0. The topological polar surface area (TPSA) is 70.5 Å². The van der Waals surface area contributed by atoms with Crippen molar-refractivity contribution >= 4 is 22.8 Å². The predicted octanol–water partition coefficient (Wildman–Crippen LogP) is 2.80. The summed E-state index contributed by atoms with van der Waals surface area (Å²) in [4.78, 5) is 30.3. The number of amides is 1. The molecule has 0 atom stereocenters. The van der Waals surface area contributed by atoms with E-state index in [2.05, 4.69) is 4.98 Å². The number of pyridine rings is 1. The van der Waals surface area contributed by atoms with Crippen LogP contribution in [0.4, 0.5) is 0 Å². The number of benzene rings is 1. The van der Waals surface area contributed by atoms with Gasteiger partial charge in [0, 0.05) is 23.0 Å². The second kappa shape index (κ2) is 5.33. The van der Waals surface area contributed by atoms with Gasteiger partial charge in [-0.3, -0.25) is 14.6 Å². The van der Waals surface area contributed by atoms with Crippen molar-refractivity contribution in [2.24, 2.45) is 0 Å². The van der Waals surface area contributed by atoms with Crippen LogP contribution in [0.2, 0.25) is 0 Å². The van der Waals surface area contributed by atoms with E-state index in [4.69, 9.17) is 5.11 Å². The Hall–Kier alpha value is -2.43. The molecule has 5 heteroatoms. The fourth-order valence-electron chi connectivity index (χ4n) is 3.01. The first-order valence-corrected chi connectivity index (χ1v) is 8.06. The van der Waals surface area contributed by atoms with Crippen LogP contribution in [0.25, 0.3) is 10.9 Å². The van der Waals surface area contributed by atoms with Crippen LogP contribution in [-0.4, -0.2) is 39.5 Å². The van der Waals surface area contributed by atoms with Gasteiger partial charge in [0.25, 0.3) is 5.91 Å². The minimum absolute atomic E-state index is 0.0647. The zero-order valence-electron chi connectivity index (χ0n) is 12.7. The molecule has 0 bridgehead atoms. The molecule has 2 aliphatic carbocycles. The monoisotopic (exact) mass is 310 g/mol. The zero-order valence-corrected chi connectivity index (χ0v) is 12.7. The molecule has 1 heterocycles. The molecule has 1 amide bonds. The molecule has 0 radical (unpaired) electrons. The normalized spacial score (nSPS) is 17.2. The van der Waals surface area contributed by atoms with Gasteiger partial charge >= 0.3 is 5.97 Å². The molecule has 0 spiro atoms. The minimum Gasteiger partial charge on any atom is -0.480 e. The van der Waals surface area contributed by atoms with Crippen molar-refractivity contribution in [3.8, 4) is 0 Å². The van der Waals surface area contributed by atoms with E-state index < -0.39 is 5.97 Å². The SMILES string of the molecule is O=C(O)CN(C(=O)c1cc(C2CC2)nc2ccccc12)C1CC1. The molecule has 2 aliphatic rings. The summed E-state index contributed by atoms with van der Waals surface area (Å²) in [6, 6.07) is 9.54. The smallest absolute Gasteiger partial charge is 0.323 e. The van der Waals surface area contributed by atoms with E-state index >= 15 is 0 Å². The molecule has 118 valence electrons. The third kappa shape index (κ3) is 2.79. The molecule has 4 rings (SSSR count). The molecule has 2 aromatic rings. The lowest BCUT2D eigenvalue weighted by Crippen LogP contribution is -2.37. The molecule has 23 heavy (non-hydrogen) atoms. The first-order valence-electron chi connectivity index (χ1n) is 8.06. The predicted molar refractivity (Wildman–Crippen MR) is 85.4 cm³/mol. The number of aliphatic carboxylic acids is 1. The van der Waals surface area contributed by atoms with Crippen molar-refractivity contribution in [1.82, 2.24) is 9.88 Å². The van der Waals surface area contributed by atoms with E-state index in [-0.39, 0.29) is 18.5 Å². The number of hydrogen-bond acceptors (Lipinski definition) is 3. The number of carboxylic acids is 1. The number of carbonyl (C=O) groups is 2. The number of aromatic nitrogens is 1. The Morgan fingerprint density at radius 1 is 1.17 bits per heavy atom. The van der Waals surface area contributed by atoms with Gasteiger partial charge in [0.2, 0.25) is 0 Å². The van der Waals surface area contributed by atoms with Gasteiger partial charge in [-0.25, -0.2) is 0 Å². The van der Waals surface area contributed by atoms with Crippen LogP contribution in [0.15, 0.2) is 30.3 Å². The van der Waals surface area contributed by atoms with Gasteiger partial charge in [0.1, 0.15) is 6.54 Å². The van der Waals surface area contributed by atoms with E-state index in [0.717, 1.165) is 42.3 Å². The van der Waals surface area contributed by atoms with Crippen LogP contribution < -0.4 is 0 Å². The molecule has 1 aromatic carbocycles. The first-order chi connectivity index (χ1) is 11.1. The average Bonchev–Trinajstić information content (AvgIpc) is 3.42. The maximum Gasteiger partial charge on any atom is 0.323 e. The fraction of sp³-hybridized carbons (Fsp3) is 0.389. The third-order valence-corrected chi connectivity index (χ3v) is 4.52. The summed E-state index contributed by atoms with van der Waals surface area (Å²) in [5.41, 5.74) is 2.36. The second-order valence-corrected chi connectivity index (χ2v) is 6.44. The van der Waals surface area contributed by atoms with Gasteiger partial charge in [-0.2, -0.15) is 0 Å². The van der Waals surface area contributed by atoms with Gasteiger partial charge in [-0.1, -0.05) is 18.2 Å². The highest BCUT2D eigenvalue weighted by molar-refractivity contribution is 6.07. The second-order valence-electron chi connectivity index (χ2n) is 6.44. The zero-order chi connectivity index (χ0) is 16.0. The van der Waals surface area contributed by atoms with Gasteiger partial charge < -0.3 is 10.0 Å². The summed E-state index contributed by atoms with van der Waals surface area (Å²) in [6.07, 6.45) is 4.00. The Kier molecular flexibility index (Phi) is 3.29. The molecule has 5 nitrogen and oxygen atoms in total. The number of hydrogen-bond donors (Lipinski definition) is 1. The molecular formula is C18H18N2O3. The average molecular weight is 310 g/mol. The summed E-state index contributed by atoms with van der Waals surface area (Å²) in [6.45, 7) is -0.237. The Morgan fingerprint density at radius 3 is 2.57 bits per heavy atom. The number of carboxylic acid groups (broad SMARTS) is 1. The van der Waals surface area contributed by atoms with Crippen LogP contribution >= 0.6 is 0 Å². The third-order valence-electron chi connectivity index (χ3n) is 4.52. The number of carbonyl (C=O) groups excluding carboxylic acids is 1. The quantitative estimate of drug-likeness (QED) is 0.922. The van der Waals surface area contributed by atoms with Crippen LogP contribution in [-0.2, 0) is 4.79 Å². The van der Waals surface area contributed by atoms with E-state index in [0.29, 0.717) is 11.5 Å². The lowest BCUT2D eigenvalue weighted by Gasteiger charge is -2.21. The molecule has 1 aromatic heterocycles. The lowest BCUT2D eigenvalue weighted by molar-refractivity contribution is -0.137. The molecular weight excluding hydrogens is 292 g/mol. The Morgan fingerprint density at radius 2 is 1.91 bits per heavy atom. The van der Waals surface area contributed by atoms with E-state index in [9.17, 15) is 9.59 Å². The maximum atomic E-state index is 13.0. The van der Waals surface area contributed by atoms with Crippen molar-refractivity contribution in [2.75, 3.05) is 6.54 Å². The van der Waals surface area contributed by atoms with Gasteiger partial charge in [0.15, 0.2) is 0 Å². The largest absolute Gasteiger partial charge is 0.480 e. The van der Waals surface area contributed by atoms with Crippen molar-refractivity contribution in [3.63, 3.8) is 0 Å². The molecule has 0 aliphatic heterocycles. The molecule has 2 saturated carbocycles. The Labute approximate surface area is 133 Å². The highest BCUT2D eigenvalue weighted by Crippen LogP contribution is 2.40. The van der Waals surface area contributed by atoms with Crippen LogP contribution in [0.1, 0.15) is 47.7 Å². The van der Waals surface area contributed by atoms with E-state index in [1.807, 2.05) is 30.3 Å². The van der Waals surface area contributed by atoms with Crippen molar-refractivity contribution in [1.29, 1.82) is 0 Å². The van der Waals surface area contributed by atoms with E-state index in [1.165, 1.54) is 4.90 Å². The lowest BCUT2D eigenvalue weighted by atomic mass is 10.0. The van der Waals surface area contributed by atoms with Crippen LogP contribution in [0.5, 0.6) is 0 Å². The highest BCUT2D eigenvalue weighted by atomic mass is 16.4. The molecule has 2 fully saturated rings. The molecule has 0 saturated heterocycles. The summed E-state index contributed by atoms with van der Waals surface area (Å²) in [5, 5.41) is 9.92. The van der Waals surface area contributed by atoms with E-state index in [1.54, 1.807) is 0 Å². The number of fused-ring (bicyclic) bond motifs is 1. The van der Waals surface area contributed by atoms with Crippen molar-refractivity contribution in [2.45, 2.75) is 37.6 Å². The first kappa shape index (κ1) is 14.2. The van der Waals surface area contributed by atoms with Crippen molar-refractivity contribution in [3.05, 3.63) is 41.6 Å². The molecule has 1 N–H and O–H groups in total. The van der Waals surface area contributed by atoms with Gasteiger partial charge in [0.05, 0.1) is 11.1 Å². The minimum atomic E-state index is -0.967. The summed E-state index contributed by atoms with van der Waals surface area (Å²) >= 11 is 0. The van der Waals surface area contributed by atoms with Gasteiger partial charge in [-0.15, -0.1) is 0 Å². The van der Waals surface area contributed by atoms with Crippen molar-refractivity contribution < 1.29 is 14.7 Å². The summed E-state index contributed by atoms with van der Waals surface area (Å²) in [5.74, 6) is -0.707. The van der Waals surface area contributed by atoms with Crippen LogP contribution in [0, 0.1) is 0 Å². The Balaban J connectivity index is 1.79. The van der Waals surface area contributed by atoms with Crippen LogP contribution in [0.3, 0.4) is 0 Å². The summed E-state index contributed by atoms with van der Waals surface area (Å²) in [7, 11) is 0.